The van der Waals surface area contributed by atoms with Crippen molar-refractivity contribution in [2.75, 3.05) is 17.2 Å². The van der Waals surface area contributed by atoms with Crippen molar-refractivity contribution in [3.63, 3.8) is 0 Å². The molecule has 1 aliphatic rings. The largest absolute Gasteiger partial charge is 0.476 e. The zero-order valence-electron chi connectivity index (χ0n) is 8.85. The fourth-order valence-corrected chi connectivity index (χ4v) is 3.09. The molecule has 1 aliphatic heterocycles. The molecule has 0 spiro atoms. The van der Waals surface area contributed by atoms with Crippen LogP contribution in [0.3, 0.4) is 0 Å². The van der Waals surface area contributed by atoms with E-state index in [2.05, 4.69) is 4.98 Å². The van der Waals surface area contributed by atoms with E-state index < -0.39 is 5.97 Å². The van der Waals surface area contributed by atoms with Crippen LogP contribution in [0.25, 0.3) is 0 Å². The number of hydrogen-bond acceptors (Lipinski definition) is 4. The Morgan fingerprint density at radius 1 is 1.62 bits per heavy atom. The highest BCUT2D eigenvalue weighted by Gasteiger charge is 2.18. The van der Waals surface area contributed by atoms with E-state index in [4.69, 9.17) is 10.8 Å². The number of anilines is 1. The number of nitrogen functional groups attached to an aromatic ring is 1. The Hall–Kier alpha value is -1.23. The lowest BCUT2D eigenvalue weighted by Gasteiger charge is -2.21. The van der Waals surface area contributed by atoms with E-state index in [-0.39, 0.29) is 11.4 Å². The lowest BCUT2D eigenvalue weighted by atomic mass is 9.97. The molecule has 2 heterocycles. The molecule has 0 radical (unpaired) electrons. The summed E-state index contributed by atoms with van der Waals surface area (Å²) in [6, 6.07) is 1.76. The van der Waals surface area contributed by atoms with E-state index in [1.165, 1.54) is 12.2 Å². The SMILES string of the molecule is Nc1cc(C2CCCSC2)cnc1C(=O)O. The molecule has 1 atom stereocenters. The van der Waals surface area contributed by atoms with Gasteiger partial charge in [-0.1, -0.05) is 0 Å². The van der Waals surface area contributed by atoms with Crippen LogP contribution in [0.5, 0.6) is 0 Å². The van der Waals surface area contributed by atoms with E-state index in [9.17, 15) is 4.79 Å². The van der Waals surface area contributed by atoms with Crippen molar-refractivity contribution in [3.8, 4) is 0 Å². The van der Waals surface area contributed by atoms with E-state index in [0.717, 1.165) is 17.7 Å². The topological polar surface area (TPSA) is 76.2 Å². The van der Waals surface area contributed by atoms with Crippen LogP contribution in [0.1, 0.15) is 34.8 Å². The highest BCUT2D eigenvalue weighted by Crippen LogP contribution is 2.31. The molecule has 0 bridgehead atoms. The second kappa shape index (κ2) is 4.74. The Balaban J connectivity index is 2.23. The highest BCUT2D eigenvalue weighted by molar-refractivity contribution is 7.99. The van der Waals surface area contributed by atoms with Crippen LogP contribution in [0, 0.1) is 0 Å². The van der Waals surface area contributed by atoms with Crippen molar-refractivity contribution >= 4 is 23.4 Å². The Morgan fingerprint density at radius 2 is 2.44 bits per heavy atom. The number of carboxylic acid groups (broad SMARTS) is 1. The van der Waals surface area contributed by atoms with Crippen LogP contribution < -0.4 is 5.73 Å². The summed E-state index contributed by atoms with van der Waals surface area (Å²) in [5, 5.41) is 8.82. The summed E-state index contributed by atoms with van der Waals surface area (Å²) in [4.78, 5) is 14.7. The fourth-order valence-electron chi connectivity index (χ4n) is 1.90. The van der Waals surface area contributed by atoms with Crippen LogP contribution >= 0.6 is 11.8 Å². The summed E-state index contributed by atoms with van der Waals surface area (Å²) in [6.45, 7) is 0. The van der Waals surface area contributed by atoms with Crippen LogP contribution in [-0.4, -0.2) is 27.6 Å². The standard InChI is InChI=1S/C11H14N2O2S/c12-9-4-8(5-13-10(9)11(14)15)7-2-1-3-16-6-7/h4-5,7H,1-3,6,12H2,(H,14,15). The monoisotopic (exact) mass is 238 g/mol. The van der Waals surface area contributed by atoms with Gasteiger partial charge in [-0.05, 0) is 36.1 Å². The molecule has 1 fully saturated rings. The van der Waals surface area contributed by atoms with Gasteiger partial charge in [0.2, 0.25) is 0 Å². The summed E-state index contributed by atoms with van der Waals surface area (Å²) in [7, 11) is 0. The molecule has 0 aliphatic carbocycles. The van der Waals surface area contributed by atoms with Crippen molar-refractivity contribution in [2.45, 2.75) is 18.8 Å². The minimum atomic E-state index is -1.07. The molecule has 0 aromatic carbocycles. The molecule has 1 unspecified atom stereocenters. The molecule has 4 nitrogen and oxygen atoms in total. The Morgan fingerprint density at radius 3 is 3.00 bits per heavy atom. The maximum Gasteiger partial charge on any atom is 0.356 e. The van der Waals surface area contributed by atoms with Gasteiger partial charge >= 0.3 is 5.97 Å². The average Bonchev–Trinajstić information content (AvgIpc) is 2.29. The van der Waals surface area contributed by atoms with Gasteiger partial charge in [0.05, 0.1) is 5.69 Å². The maximum atomic E-state index is 10.8. The van der Waals surface area contributed by atoms with Gasteiger partial charge in [0.25, 0.3) is 0 Å². The summed E-state index contributed by atoms with van der Waals surface area (Å²) >= 11 is 1.93. The minimum Gasteiger partial charge on any atom is -0.476 e. The highest BCUT2D eigenvalue weighted by atomic mass is 32.2. The second-order valence-corrected chi connectivity index (χ2v) is 5.08. The Kier molecular flexibility index (Phi) is 3.33. The lowest BCUT2D eigenvalue weighted by molar-refractivity contribution is 0.0691. The quantitative estimate of drug-likeness (QED) is 0.823. The first kappa shape index (κ1) is 11.3. The maximum absolute atomic E-state index is 10.8. The molecule has 86 valence electrons. The zero-order chi connectivity index (χ0) is 11.5. The molecule has 1 aromatic heterocycles. The predicted octanol–water partition coefficient (Wildman–Crippen LogP) is 1.97. The molecule has 5 heteroatoms. The minimum absolute atomic E-state index is 0.0489. The van der Waals surface area contributed by atoms with Gasteiger partial charge in [-0.15, -0.1) is 0 Å². The third kappa shape index (κ3) is 2.29. The van der Waals surface area contributed by atoms with Crippen molar-refractivity contribution in [3.05, 3.63) is 23.5 Å². The number of thioether (sulfide) groups is 1. The van der Waals surface area contributed by atoms with Gasteiger partial charge in [0.15, 0.2) is 5.69 Å². The van der Waals surface area contributed by atoms with Gasteiger partial charge < -0.3 is 10.8 Å². The number of aromatic nitrogens is 1. The van der Waals surface area contributed by atoms with E-state index in [0.29, 0.717) is 5.92 Å². The van der Waals surface area contributed by atoms with E-state index >= 15 is 0 Å². The van der Waals surface area contributed by atoms with Crippen molar-refractivity contribution in [1.82, 2.24) is 4.98 Å². The Labute approximate surface area is 98.3 Å². The summed E-state index contributed by atoms with van der Waals surface area (Å²) in [5.74, 6) is 1.69. The summed E-state index contributed by atoms with van der Waals surface area (Å²) in [6.07, 6.45) is 3.99. The van der Waals surface area contributed by atoms with Crippen LogP contribution in [0.4, 0.5) is 5.69 Å². The molecule has 1 aromatic rings. The molecule has 0 saturated carbocycles. The molecular formula is C11H14N2O2S. The first-order chi connectivity index (χ1) is 7.68. The lowest BCUT2D eigenvalue weighted by Crippen LogP contribution is -2.12. The molecule has 2 rings (SSSR count). The number of pyridine rings is 1. The predicted molar refractivity (Wildman–Crippen MR) is 64.9 cm³/mol. The first-order valence-electron chi connectivity index (χ1n) is 5.25. The average molecular weight is 238 g/mol. The van der Waals surface area contributed by atoms with Crippen molar-refractivity contribution in [2.24, 2.45) is 0 Å². The zero-order valence-corrected chi connectivity index (χ0v) is 9.67. The van der Waals surface area contributed by atoms with Crippen LogP contribution in [0.2, 0.25) is 0 Å². The molecule has 1 saturated heterocycles. The second-order valence-electron chi connectivity index (χ2n) is 3.93. The molecule has 16 heavy (non-hydrogen) atoms. The van der Waals surface area contributed by atoms with Gasteiger partial charge in [-0.2, -0.15) is 11.8 Å². The normalized spacial score (nSPS) is 20.6. The van der Waals surface area contributed by atoms with Crippen molar-refractivity contribution < 1.29 is 9.90 Å². The Bertz CT molecular complexity index is 403. The third-order valence-corrected chi connectivity index (χ3v) is 3.99. The van der Waals surface area contributed by atoms with Crippen LogP contribution in [-0.2, 0) is 0 Å². The fraction of sp³-hybridized carbons (Fsp3) is 0.455. The first-order valence-corrected chi connectivity index (χ1v) is 6.40. The number of rotatable bonds is 2. The number of hydrogen-bond donors (Lipinski definition) is 2. The number of nitrogens with two attached hydrogens (primary N) is 1. The number of aromatic carboxylic acids is 1. The van der Waals surface area contributed by atoms with Gasteiger partial charge in [0, 0.05) is 11.9 Å². The number of carboxylic acids is 1. The van der Waals surface area contributed by atoms with Gasteiger partial charge in [0.1, 0.15) is 0 Å². The molecule has 0 amide bonds. The van der Waals surface area contributed by atoms with Crippen molar-refractivity contribution in [1.29, 1.82) is 0 Å². The van der Waals surface area contributed by atoms with E-state index in [1.54, 1.807) is 12.3 Å². The van der Waals surface area contributed by atoms with Crippen LogP contribution in [0.15, 0.2) is 12.3 Å². The smallest absolute Gasteiger partial charge is 0.356 e. The number of nitrogens with zero attached hydrogens (tertiary/aromatic N) is 1. The third-order valence-electron chi connectivity index (χ3n) is 2.77. The molecule has 3 N–H and O–H groups in total. The van der Waals surface area contributed by atoms with E-state index in [1.807, 2.05) is 11.8 Å². The summed E-state index contributed by atoms with van der Waals surface area (Å²) in [5.41, 5.74) is 6.96. The van der Waals surface area contributed by atoms with Gasteiger partial charge in [-0.3, -0.25) is 0 Å². The number of carbonyl (C=O) groups is 1. The summed E-state index contributed by atoms with van der Waals surface area (Å²) < 4.78 is 0. The molecular weight excluding hydrogens is 224 g/mol. The van der Waals surface area contributed by atoms with Gasteiger partial charge in [-0.25, -0.2) is 9.78 Å².